The van der Waals surface area contributed by atoms with Crippen molar-refractivity contribution in [1.82, 2.24) is 15.1 Å². The summed E-state index contributed by atoms with van der Waals surface area (Å²) in [5, 5.41) is 6.85. The highest BCUT2D eigenvalue weighted by atomic mass is 15.2. The molecule has 4 heteroatoms. The Morgan fingerprint density at radius 2 is 2.67 bits per heavy atom. The van der Waals surface area contributed by atoms with E-state index in [4.69, 9.17) is 5.73 Å². The lowest BCUT2D eigenvalue weighted by atomic mass is 10.3. The van der Waals surface area contributed by atoms with Gasteiger partial charge in [-0.1, -0.05) is 0 Å². The number of aromatic amines is 1. The maximum Gasteiger partial charge on any atom is 0.0492 e. The van der Waals surface area contributed by atoms with Gasteiger partial charge in [-0.05, 0) is 12.5 Å². The first-order valence-electron chi connectivity index (χ1n) is 4.31. The van der Waals surface area contributed by atoms with Crippen LogP contribution in [0.15, 0.2) is 12.3 Å². The van der Waals surface area contributed by atoms with Gasteiger partial charge in [0.25, 0.3) is 0 Å². The Labute approximate surface area is 71.7 Å². The zero-order valence-electron chi connectivity index (χ0n) is 7.03. The first-order chi connectivity index (χ1) is 5.84. The van der Waals surface area contributed by atoms with E-state index in [2.05, 4.69) is 15.1 Å². The van der Waals surface area contributed by atoms with E-state index in [1.165, 1.54) is 5.69 Å². The summed E-state index contributed by atoms with van der Waals surface area (Å²) in [5.41, 5.74) is 6.96. The van der Waals surface area contributed by atoms with E-state index >= 15 is 0 Å². The minimum atomic E-state index is 0.368. The van der Waals surface area contributed by atoms with Crippen molar-refractivity contribution in [3.63, 3.8) is 0 Å². The van der Waals surface area contributed by atoms with E-state index < -0.39 is 0 Å². The summed E-state index contributed by atoms with van der Waals surface area (Å²) < 4.78 is 0. The number of hydrogen-bond donors (Lipinski definition) is 2. The van der Waals surface area contributed by atoms with Crippen molar-refractivity contribution >= 4 is 0 Å². The Morgan fingerprint density at radius 1 is 1.75 bits per heavy atom. The van der Waals surface area contributed by atoms with Gasteiger partial charge in [0.1, 0.15) is 0 Å². The van der Waals surface area contributed by atoms with E-state index in [9.17, 15) is 0 Å². The molecule has 1 aliphatic heterocycles. The van der Waals surface area contributed by atoms with Gasteiger partial charge in [-0.3, -0.25) is 10.00 Å². The van der Waals surface area contributed by atoms with Crippen LogP contribution in [-0.4, -0.2) is 34.2 Å². The number of likely N-dealkylation sites (tertiary alicyclic amines) is 1. The lowest BCUT2D eigenvalue weighted by Gasteiger charge is -2.12. The fourth-order valence-corrected chi connectivity index (χ4v) is 1.62. The Morgan fingerprint density at radius 3 is 3.25 bits per heavy atom. The molecular formula is C8H14N4. The lowest BCUT2D eigenvalue weighted by molar-refractivity contribution is 0.322. The largest absolute Gasteiger partial charge is 0.326 e. The number of rotatable bonds is 2. The van der Waals surface area contributed by atoms with Crippen LogP contribution < -0.4 is 5.73 Å². The van der Waals surface area contributed by atoms with E-state index in [0.29, 0.717) is 6.04 Å². The van der Waals surface area contributed by atoms with E-state index in [0.717, 1.165) is 26.1 Å². The van der Waals surface area contributed by atoms with Gasteiger partial charge in [0.2, 0.25) is 0 Å². The van der Waals surface area contributed by atoms with Crippen molar-refractivity contribution in [3.8, 4) is 0 Å². The van der Waals surface area contributed by atoms with Crippen LogP contribution in [-0.2, 0) is 6.54 Å². The molecule has 2 rings (SSSR count). The molecule has 1 aromatic heterocycles. The van der Waals surface area contributed by atoms with Crippen molar-refractivity contribution < 1.29 is 0 Å². The van der Waals surface area contributed by atoms with Crippen LogP contribution in [0, 0.1) is 0 Å². The molecule has 1 atom stereocenters. The van der Waals surface area contributed by atoms with Crippen LogP contribution in [0.3, 0.4) is 0 Å². The van der Waals surface area contributed by atoms with Gasteiger partial charge in [0.05, 0.1) is 0 Å². The van der Waals surface area contributed by atoms with Crippen molar-refractivity contribution in [1.29, 1.82) is 0 Å². The zero-order valence-corrected chi connectivity index (χ0v) is 7.03. The monoisotopic (exact) mass is 166 g/mol. The van der Waals surface area contributed by atoms with E-state index in [1.807, 2.05) is 6.07 Å². The summed E-state index contributed by atoms with van der Waals surface area (Å²) in [6.07, 6.45) is 2.90. The van der Waals surface area contributed by atoms with Gasteiger partial charge < -0.3 is 5.73 Å². The smallest absolute Gasteiger partial charge is 0.0492 e. The molecule has 1 fully saturated rings. The third-order valence-corrected chi connectivity index (χ3v) is 2.26. The van der Waals surface area contributed by atoms with Crippen LogP contribution in [0.2, 0.25) is 0 Å². The summed E-state index contributed by atoms with van der Waals surface area (Å²) >= 11 is 0. The van der Waals surface area contributed by atoms with Crippen LogP contribution >= 0.6 is 0 Å². The van der Waals surface area contributed by atoms with Crippen LogP contribution in [0.1, 0.15) is 12.1 Å². The minimum Gasteiger partial charge on any atom is -0.326 e. The molecule has 0 radical (unpaired) electrons. The standard InChI is InChI=1S/C8H14N4/c9-7-2-4-12(5-7)6-8-1-3-10-11-8/h1,3,7H,2,4-6,9H2,(H,10,11)/t7-/m1/s1. The maximum atomic E-state index is 5.79. The number of nitrogens with two attached hydrogens (primary N) is 1. The first-order valence-corrected chi connectivity index (χ1v) is 4.31. The second kappa shape index (κ2) is 3.25. The summed E-state index contributed by atoms with van der Waals surface area (Å²) in [4.78, 5) is 2.35. The maximum absolute atomic E-state index is 5.79. The SMILES string of the molecule is N[C@@H]1CCN(Cc2ccn[nH]2)C1. The average Bonchev–Trinajstić information content (AvgIpc) is 2.63. The van der Waals surface area contributed by atoms with Gasteiger partial charge in [0, 0.05) is 37.6 Å². The molecule has 0 aliphatic carbocycles. The second-order valence-electron chi connectivity index (χ2n) is 3.37. The number of nitrogens with one attached hydrogen (secondary N) is 1. The fourth-order valence-electron chi connectivity index (χ4n) is 1.62. The first kappa shape index (κ1) is 7.76. The van der Waals surface area contributed by atoms with Gasteiger partial charge in [0.15, 0.2) is 0 Å². The highest BCUT2D eigenvalue weighted by Gasteiger charge is 2.18. The number of aromatic nitrogens is 2. The minimum absolute atomic E-state index is 0.368. The molecule has 1 saturated heterocycles. The molecule has 3 N–H and O–H groups in total. The highest BCUT2D eigenvalue weighted by molar-refractivity contribution is 4.98. The van der Waals surface area contributed by atoms with E-state index in [-0.39, 0.29) is 0 Å². The molecule has 0 unspecified atom stereocenters. The fraction of sp³-hybridized carbons (Fsp3) is 0.625. The molecular weight excluding hydrogens is 152 g/mol. The predicted molar refractivity (Wildman–Crippen MR) is 46.5 cm³/mol. The van der Waals surface area contributed by atoms with Crippen LogP contribution in [0.5, 0.6) is 0 Å². The molecule has 0 aromatic carbocycles. The quantitative estimate of drug-likeness (QED) is 0.647. The summed E-state index contributed by atoms with van der Waals surface area (Å²) in [6, 6.07) is 2.37. The van der Waals surface area contributed by atoms with Gasteiger partial charge in [-0.2, -0.15) is 5.10 Å². The topological polar surface area (TPSA) is 57.9 Å². The molecule has 4 nitrogen and oxygen atoms in total. The van der Waals surface area contributed by atoms with Gasteiger partial charge in [-0.25, -0.2) is 0 Å². The highest BCUT2D eigenvalue weighted by Crippen LogP contribution is 2.09. The molecule has 2 heterocycles. The Hall–Kier alpha value is -0.870. The van der Waals surface area contributed by atoms with E-state index in [1.54, 1.807) is 6.20 Å². The van der Waals surface area contributed by atoms with Crippen molar-refractivity contribution in [2.24, 2.45) is 5.73 Å². The molecule has 0 bridgehead atoms. The third kappa shape index (κ3) is 1.65. The predicted octanol–water partition coefficient (Wildman–Crippen LogP) is -0.0573. The molecule has 1 aliphatic rings. The molecule has 12 heavy (non-hydrogen) atoms. The zero-order chi connectivity index (χ0) is 8.39. The molecule has 0 amide bonds. The molecule has 0 saturated carbocycles. The molecule has 66 valence electrons. The molecule has 0 spiro atoms. The molecule has 1 aromatic rings. The van der Waals surface area contributed by atoms with Crippen molar-refractivity contribution in [2.45, 2.75) is 19.0 Å². The number of H-pyrrole nitrogens is 1. The van der Waals surface area contributed by atoms with Crippen molar-refractivity contribution in [2.75, 3.05) is 13.1 Å². The van der Waals surface area contributed by atoms with Crippen molar-refractivity contribution in [3.05, 3.63) is 18.0 Å². The van der Waals surface area contributed by atoms with Crippen LogP contribution in [0.4, 0.5) is 0 Å². The third-order valence-electron chi connectivity index (χ3n) is 2.26. The Bertz CT molecular complexity index is 231. The summed E-state index contributed by atoms with van der Waals surface area (Å²) in [7, 11) is 0. The second-order valence-corrected chi connectivity index (χ2v) is 3.37. The number of nitrogens with zero attached hydrogens (tertiary/aromatic N) is 2. The number of hydrogen-bond acceptors (Lipinski definition) is 3. The Kier molecular flexibility index (Phi) is 2.10. The van der Waals surface area contributed by atoms with Gasteiger partial charge >= 0.3 is 0 Å². The van der Waals surface area contributed by atoms with Gasteiger partial charge in [-0.15, -0.1) is 0 Å². The summed E-state index contributed by atoms with van der Waals surface area (Å²) in [5.74, 6) is 0. The Balaban J connectivity index is 1.88. The summed E-state index contributed by atoms with van der Waals surface area (Å²) in [6.45, 7) is 3.08. The average molecular weight is 166 g/mol. The van der Waals surface area contributed by atoms with Crippen LogP contribution in [0.25, 0.3) is 0 Å². The lowest BCUT2D eigenvalue weighted by Crippen LogP contribution is -2.26. The normalized spacial score (nSPS) is 24.9.